The minimum atomic E-state index is -0.818. The summed E-state index contributed by atoms with van der Waals surface area (Å²) in [6.45, 7) is 6.90. The molecule has 0 radical (unpaired) electrons. The summed E-state index contributed by atoms with van der Waals surface area (Å²) in [5.41, 5.74) is 5.15. The van der Waals surface area contributed by atoms with Gasteiger partial charge in [-0.25, -0.2) is 4.79 Å². The molecule has 1 unspecified atom stereocenters. The summed E-state index contributed by atoms with van der Waals surface area (Å²) in [5.74, 6) is 0.439. The number of nitrogens with zero attached hydrogens (tertiary/aromatic N) is 1. The van der Waals surface area contributed by atoms with E-state index in [2.05, 4.69) is 31.4 Å². The first-order valence-electron chi connectivity index (χ1n) is 10.4. The molecule has 1 spiro atoms. The summed E-state index contributed by atoms with van der Waals surface area (Å²) >= 11 is 0. The third-order valence-electron chi connectivity index (χ3n) is 7.19. The Labute approximate surface area is 173 Å². The van der Waals surface area contributed by atoms with Crippen molar-refractivity contribution in [1.82, 2.24) is 15.5 Å². The van der Waals surface area contributed by atoms with Crippen LogP contribution in [0.1, 0.15) is 65.7 Å². The monoisotopic (exact) mass is 414 g/mol. The van der Waals surface area contributed by atoms with Crippen LogP contribution in [0.5, 0.6) is 0 Å². The maximum atomic E-state index is 13.0. The molecule has 1 atom stereocenters. The predicted molar refractivity (Wildman–Crippen MR) is 110 cm³/mol. The number of urea groups is 1. The molecule has 1 heterocycles. The quantitative estimate of drug-likeness (QED) is 0.555. The second kappa shape index (κ2) is 8.57. The highest BCUT2D eigenvalue weighted by atomic mass is 35.5. The number of hydrogen-bond acceptors (Lipinski definition) is 4. The summed E-state index contributed by atoms with van der Waals surface area (Å²) in [4.78, 5) is 38.8. The van der Waals surface area contributed by atoms with E-state index >= 15 is 0 Å². The molecule has 3 fully saturated rings. The van der Waals surface area contributed by atoms with Crippen molar-refractivity contribution in [2.75, 3.05) is 13.1 Å². The van der Waals surface area contributed by atoms with Crippen molar-refractivity contribution in [3.63, 3.8) is 0 Å². The number of imide groups is 1. The van der Waals surface area contributed by atoms with E-state index in [1.807, 2.05) is 0 Å². The number of carbonyl (C=O) groups excluding carboxylic acids is 3. The molecule has 4 amide bonds. The van der Waals surface area contributed by atoms with E-state index in [9.17, 15) is 14.4 Å². The van der Waals surface area contributed by atoms with E-state index in [1.54, 1.807) is 0 Å². The molecular formula is C20H35ClN4O3. The SMILES string of the molecule is CCC(C)(C)C1CCC2(CC1)NC(=O)N(CC(=O)NC(CN)C1CC1)C2=O.Cl. The molecule has 7 nitrogen and oxygen atoms in total. The van der Waals surface area contributed by atoms with E-state index in [0.29, 0.717) is 31.2 Å². The summed E-state index contributed by atoms with van der Waals surface area (Å²) < 4.78 is 0. The molecule has 2 saturated carbocycles. The first-order chi connectivity index (χ1) is 12.7. The summed E-state index contributed by atoms with van der Waals surface area (Å²) in [5, 5.41) is 5.78. The van der Waals surface area contributed by atoms with Crippen molar-refractivity contribution in [1.29, 1.82) is 0 Å². The van der Waals surface area contributed by atoms with Gasteiger partial charge in [-0.1, -0.05) is 27.2 Å². The smallest absolute Gasteiger partial charge is 0.325 e. The molecule has 0 aromatic carbocycles. The highest BCUT2D eigenvalue weighted by Crippen LogP contribution is 2.45. The third kappa shape index (κ3) is 4.46. The minimum Gasteiger partial charge on any atom is -0.350 e. The molecule has 1 saturated heterocycles. The molecule has 4 N–H and O–H groups in total. The zero-order chi connectivity index (χ0) is 19.8. The van der Waals surface area contributed by atoms with Crippen LogP contribution in [0.2, 0.25) is 0 Å². The van der Waals surface area contributed by atoms with E-state index in [0.717, 1.165) is 37.0 Å². The Bertz CT molecular complexity index is 613. The normalized spacial score (nSPS) is 28.7. The van der Waals surface area contributed by atoms with Crippen LogP contribution in [0.3, 0.4) is 0 Å². The zero-order valence-corrected chi connectivity index (χ0v) is 18.1. The Kier molecular flexibility index (Phi) is 7.03. The van der Waals surface area contributed by atoms with Gasteiger partial charge in [0.25, 0.3) is 5.91 Å². The maximum Gasteiger partial charge on any atom is 0.325 e. The molecule has 0 bridgehead atoms. The van der Waals surface area contributed by atoms with Crippen molar-refractivity contribution < 1.29 is 14.4 Å². The lowest BCUT2D eigenvalue weighted by Crippen LogP contribution is -2.51. The molecule has 28 heavy (non-hydrogen) atoms. The van der Waals surface area contributed by atoms with Gasteiger partial charge in [0.2, 0.25) is 5.91 Å². The number of nitrogens with two attached hydrogens (primary N) is 1. The van der Waals surface area contributed by atoms with Gasteiger partial charge in [-0.2, -0.15) is 0 Å². The summed E-state index contributed by atoms with van der Waals surface area (Å²) in [6, 6.07) is -0.502. The Balaban J connectivity index is 0.00000280. The topological polar surface area (TPSA) is 105 Å². The molecular weight excluding hydrogens is 380 g/mol. The standard InChI is InChI=1S/C20H34N4O3.ClH/c1-4-19(2,3)14-7-9-20(10-8-14)17(26)24(18(27)23-20)12-16(25)22-15(11-21)13-5-6-13;/h13-15H,4-12,21H2,1-3H3,(H,22,25)(H,23,27);1H. The Morgan fingerprint density at radius 1 is 1.29 bits per heavy atom. The van der Waals surface area contributed by atoms with Gasteiger partial charge in [-0.3, -0.25) is 14.5 Å². The van der Waals surface area contributed by atoms with Crippen molar-refractivity contribution in [2.45, 2.75) is 77.3 Å². The predicted octanol–water partition coefficient (Wildman–Crippen LogP) is 2.18. The number of carbonyl (C=O) groups is 3. The van der Waals surface area contributed by atoms with Crippen molar-refractivity contribution in [3.8, 4) is 0 Å². The number of amides is 4. The van der Waals surface area contributed by atoms with E-state index in [4.69, 9.17) is 5.73 Å². The number of hydrogen-bond donors (Lipinski definition) is 3. The first kappa shape index (κ1) is 22.9. The molecule has 160 valence electrons. The highest BCUT2D eigenvalue weighted by molar-refractivity contribution is 6.09. The Morgan fingerprint density at radius 3 is 2.39 bits per heavy atom. The fraction of sp³-hybridized carbons (Fsp3) is 0.850. The van der Waals surface area contributed by atoms with Crippen LogP contribution >= 0.6 is 12.4 Å². The van der Waals surface area contributed by atoms with Gasteiger partial charge < -0.3 is 16.4 Å². The average Bonchev–Trinajstić information content (AvgIpc) is 3.45. The van der Waals surface area contributed by atoms with Crippen LogP contribution in [0.4, 0.5) is 4.79 Å². The van der Waals surface area contributed by atoms with E-state index in [-0.39, 0.29) is 42.2 Å². The van der Waals surface area contributed by atoms with Gasteiger partial charge in [0.1, 0.15) is 12.1 Å². The van der Waals surface area contributed by atoms with Crippen LogP contribution in [0, 0.1) is 17.3 Å². The lowest BCUT2D eigenvalue weighted by molar-refractivity contribution is -0.136. The van der Waals surface area contributed by atoms with Gasteiger partial charge in [-0.05, 0) is 55.8 Å². The van der Waals surface area contributed by atoms with Crippen molar-refractivity contribution >= 4 is 30.3 Å². The molecule has 1 aliphatic heterocycles. The van der Waals surface area contributed by atoms with Gasteiger partial charge in [0, 0.05) is 12.6 Å². The fourth-order valence-electron chi connectivity index (χ4n) is 4.60. The fourth-order valence-corrected chi connectivity index (χ4v) is 4.60. The molecule has 2 aliphatic carbocycles. The van der Waals surface area contributed by atoms with Crippen molar-refractivity contribution in [3.05, 3.63) is 0 Å². The van der Waals surface area contributed by atoms with Gasteiger partial charge >= 0.3 is 6.03 Å². The van der Waals surface area contributed by atoms with E-state index < -0.39 is 11.6 Å². The largest absolute Gasteiger partial charge is 0.350 e. The van der Waals surface area contributed by atoms with Crippen LogP contribution in [0.25, 0.3) is 0 Å². The molecule has 8 heteroatoms. The van der Waals surface area contributed by atoms with Crippen LogP contribution in [0.15, 0.2) is 0 Å². The van der Waals surface area contributed by atoms with Crippen LogP contribution < -0.4 is 16.4 Å². The van der Waals surface area contributed by atoms with E-state index in [1.165, 1.54) is 0 Å². The third-order valence-corrected chi connectivity index (χ3v) is 7.19. The lowest BCUT2D eigenvalue weighted by Gasteiger charge is -2.42. The zero-order valence-electron chi connectivity index (χ0n) is 17.3. The molecule has 3 rings (SSSR count). The summed E-state index contributed by atoms with van der Waals surface area (Å²) in [7, 11) is 0. The minimum absolute atomic E-state index is 0. The van der Waals surface area contributed by atoms with Gasteiger partial charge in [0.15, 0.2) is 0 Å². The molecule has 3 aliphatic rings. The second-order valence-electron chi connectivity index (χ2n) is 9.27. The number of rotatable bonds is 7. The maximum absolute atomic E-state index is 13.0. The molecule has 0 aromatic rings. The molecule has 0 aromatic heterocycles. The van der Waals surface area contributed by atoms with Crippen molar-refractivity contribution in [2.24, 2.45) is 23.0 Å². The van der Waals surface area contributed by atoms with Crippen LogP contribution in [-0.4, -0.2) is 47.4 Å². The first-order valence-corrected chi connectivity index (χ1v) is 10.4. The van der Waals surface area contributed by atoms with Crippen LogP contribution in [-0.2, 0) is 9.59 Å². The van der Waals surface area contributed by atoms with Gasteiger partial charge in [-0.15, -0.1) is 12.4 Å². The number of nitrogens with one attached hydrogen (secondary N) is 2. The van der Waals surface area contributed by atoms with Gasteiger partial charge in [0.05, 0.1) is 0 Å². The average molecular weight is 415 g/mol. The summed E-state index contributed by atoms with van der Waals surface area (Å²) in [6.07, 6.45) is 6.39. The Hall–Kier alpha value is -1.34. The Morgan fingerprint density at radius 2 is 1.89 bits per heavy atom. The highest BCUT2D eigenvalue weighted by Gasteiger charge is 2.53. The lowest BCUT2D eigenvalue weighted by atomic mass is 9.65. The second-order valence-corrected chi connectivity index (χ2v) is 9.27. The number of halogens is 1.